The van der Waals surface area contributed by atoms with Crippen LogP contribution >= 0.6 is 0 Å². The average molecular weight is 246 g/mol. The summed E-state index contributed by atoms with van der Waals surface area (Å²) in [6.45, 7) is 4.56. The van der Waals surface area contributed by atoms with Gasteiger partial charge in [-0.3, -0.25) is 4.79 Å². The number of ether oxygens (including phenoxy) is 1. The van der Waals surface area contributed by atoms with Gasteiger partial charge in [0.05, 0.1) is 12.5 Å². The molecule has 2 nitrogen and oxygen atoms in total. The monoisotopic (exact) mass is 246 g/mol. The second kappa shape index (κ2) is 6.03. The number of rotatable bonds is 5. The molecule has 0 heterocycles. The summed E-state index contributed by atoms with van der Waals surface area (Å²) in [6, 6.07) is 6.69. The van der Waals surface area contributed by atoms with Gasteiger partial charge in [-0.15, -0.1) is 0 Å². The lowest BCUT2D eigenvalue weighted by atomic mass is 10.0. The molecule has 18 heavy (non-hydrogen) atoms. The Morgan fingerprint density at radius 3 is 2.78 bits per heavy atom. The minimum absolute atomic E-state index is 0.0381. The predicted molar refractivity (Wildman–Crippen MR) is 72.6 cm³/mol. The average Bonchev–Trinajstić information content (AvgIpc) is 2.79. The first-order chi connectivity index (χ1) is 8.74. The molecule has 1 aliphatic carbocycles. The van der Waals surface area contributed by atoms with Crippen LogP contribution in [0.4, 0.5) is 0 Å². The van der Waals surface area contributed by atoms with Crippen LogP contribution in [0.3, 0.4) is 0 Å². The molecule has 98 valence electrons. The third-order valence-corrected chi connectivity index (χ3v) is 3.64. The van der Waals surface area contributed by atoms with Gasteiger partial charge in [-0.1, -0.05) is 31.5 Å². The molecule has 1 atom stereocenters. The molecule has 0 N–H and O–H groups in total. The normalized spacial score (nSPS) is 17.6. The molecule has 0 saturated heterocycles. The summed E-state index contributed by atoms with van der Waals surface area (Å²) in [4.78, 5) is 11.7. The standard InChI is InChI=1S/C16H22O2/c1-3-5-6-12-7-8-13-10-15(11-14(13)9-12)16(17)18-4-2/h7-9,15H,3-6,10-11H2,1-2H3. The lowest BCUT2D eigenvalue weighted by Gasteiger charge is -2.06. The number of carbonyl (C=O) groups excluding carboxylic acids is 1. The van der Waals surface area contributed by atoms with E-state index in [4.69, 9.17) is 4.74 Å². The number of hydrogen-bond donors (Lipinski definition) is 0. The van der Waals surface area contributed by atoms with E-state index in [1.165, 1.54) is 29.5 Å². The highest BCUT2D eigenvalue weighted by Gasteiger charge is 2.28. The Hall–Kier alpha value is -1.31. The van der Waals surface area contributed by atoms with Crippen LogP contribution in [0.2, 0.25) is 0 Å². The zero-order valence-electron chi connectivity index (χ0n) is 11.4. The van der Waals surface area contributed by atoms with Gasteiger partial charge in [0.25, 0.3) is 0 Å². The van der Waals surface area contributed by atoms with Gasteiger partial charge in [-0.25, -0.2) is 0 Å². The summed E-state index contributed by atoms with van der Waals surface area (Å²) in [5, 5.41) is 0. The van der Waals surface area contributed by atoms with E-state index >= 15 is 0 Å². The quantitative estimate of drug-likeness (QED) is 0.745. The van der Waals surface area contributed by atoms with Gasteiger partial charge in [0.15, 0.2) is 0 Å². The number of carbonyl (C=O) groups is 1. The van der Waals surface area contributed by atoms with Crippen LogP contribution in [-0.4, -0.2) is 12.6 Å². The molecule has 1 aliphatic rings. The first kappa shape index (κ1) is 13.1. The second-order valence-corrected chi connectivity index (χ2v) is 5.06. The Bertz CT molecular complexity index is 423. The Morgan fingerprint density at radius 2 is 2.06 bits per heavy atom. The molecule has 0 radical (unpaired) electrons. The number of fused-ring (bicyclic) bond motifs is 1. The van der Waals surface area contributed by atoms with Crippen molar-refractivity contribution >= 4 is 5.97 Å². The molecule has 0 aromatic heterocycles. The molecule has 0 spiro atoms. The predicted octanol–water partition coefficient (Wildman–Crippen LogP) is 3.31. The van der Waals surface area contributed by atoms with E-state index in [9.17, 15) is 4.79 Å². The summed E-state index contributed by atoms with van der Waals surface area (Å²) in [5.41, 5.74) is 4.08. The lowest BCUT2D eigenvalue weighted by molar-refractivity contribution is -0.147. The molecule has 0 bridgehead atoms. The van der Waals surface area contributed by atoms with Crippen molar-refractivity contribution in [1.82, 2.24) is 0 Å². The van der Waals surface area contributed by atoms with Crippen molar-refractivity contribution in [3.63, 3.8) is 0 Å². The van der Waals surface area contributed by atoms with Crippen LogP contribution in [0.5, 0.6) is 0 Å². The van der Waals surface area contributed by atoms with E-state index in [1.54, 1.807) is 0 Å². The summed E-state index contributed by atoms with van der Waals surface area (Å²) in [5.74, 6) is 0.00480. The van der Waals surface area contributed by atoms with Crippen molar-refractivity contribution in [2.75, 3.05) is 6.61 Å². The van der Waals surface area contributed by atoms with Crippen molar-refractivity contribution in [1.29, 1.82) is 0 Å². The lowest BCUT2D eigenvalue weighted by Crippen LogP contribution is -2.17. The fourth-order valence-electron chi connectivity index (χ4n) is 2.63. The fourth-order valence-corrected chi connectivity index (χ4v) is 2.63. The third-order valence-electron chi connectivity index (χ3n) is 3.64. The summed E-state index contributed by atoms with van der Waals surface area (Å²) in [6.07, 6.45) is 5.31. The highest BCUT2D eigenvalue weighted by molar-refractivity contribution is 5.74. The van der Waals surface area contributed by atoms with E-state index in [0.717, 1.165) is 19.3 Å². The zero-order chi connectivity index (χ0) is 13.0. The van der Waals surface area contributed by atoms with Crippen LogP contribution in [0.1, 0.15) is 43.4 Å². The minimum Gasteiger partial charge on any atom is -0.466 e. The topological polar surface area (TPSA) is 26.3 Å². The van der Waals surface area contributed by atoms with Crippen molar-refractivity contribution in [2.24, 2.45) is 5.92 Å². The summed E-state index contributed by atoms with van der Waals surface area (Å²) in [7, 11) is 0. The number of esters is 1. The first-order valence-electron chi connectivity index (χ1n) is 7.02. The van der Waals surface area contributed by atoms with Gasteiger partial charge in [0.1, 0.15) is 0 Å². The Morgan fingerprint density at radius 1 is 1.28 bits per heavy atom. The zero-order valence-corrected chi connectivity index (χ0v) is 11.4. The molecule has 1 aromatic rings. The van der Waals surface area contributed by atoms with E-state index in [0.29, 0.717) is 6.61 Å². The van der Waals surface area contributed by atoms with Gasteiger partial charge in [0.2, 0.25) is 0 Å². The molecule has 0 fully saturated rings. The van der Waals surface area contributed by atoms with Crippen molar-refractivity contribution in [3.8, 4) is 0 Å². The van der Waals surface area contributed by atoms with Gasteiger partial charge < -0.3 is 4.74 Å². The largest absolute Gasteiger partial charge is 0.466 e. The van der Waals surface area contributed by atoms with Crippen LogP contribution in [-0.2, 0) is 28.8 Å². The Kier molecular flexibility index (Phi) is 4.40. The SMILES string of the molecule is CCCCc1ccc2c(c1)CC(C(=O)OCC)C2. The van der Waals surface area contributed by atoms with Crippen LogP contribution < -0.4 is 0 Å². The van der Waals surface area contributed by atoms with E-state index in [-0.39, 0.29) is 11.9 Å². The number of aryl methyl sites for hydroxylation is 1. The molecule has 0 saturated carbocycles. The maximum absolute atomic E-state index is 11.7. The Labute approximate surface area is 109 Å². The summed E-state index contributed by atoms with van der Waals surface area (Å²) >= 11 is 0. The molecule has 0 aliphatic heterocycles. The fraction of sp³-hybridized carbons (Fsp3) is 0.562. The molecule has 2 heteroatoms. The van der Waals surface area contributed by atoms with Crippen molar-refractivity contribution in [2.45, 2.75) is 46.0 Å². The third kappa shape index (κ3) is 2.92. The van der Waals surface area contributed by atoms with Gasteiger partial charge in [0, 0.05) is 0 Å². The maximum Gasteiger partial charge on any atom is 0.309 e. The van der Waals surface area contributed by atoms with Crippen molar-refractivity contribution < 1.29 is 9.53 Å². The molecular formula is C16H22O2. The highest BCUT2D eigenvalue weighted by Crippen LogP contribution is 2.28. The van der Waals surface area contributed by atoms with Gasteiger partial charge >= 0.3 is 5.97 Å². The number of unbranched alkanes of at least 4 members (excludes halogenated alkanes) is 1. The number of benzene rings is 1. The van der Waals surface area contributed by atoms with E-state index in [2.05, 4.69) is 25.1 Å². The molecule has 2 rings (SSSR count). The van der Waals surface area contributed by atoms with E-state index < -0.39 is 0 Å². The summed E-state index contributed by atoms with van der Waals surface area (Å²) < 4.78 is 5.11. The van der Waals surface area contributed by atoms with E-state index in [1.807, 2.05) is 6.92 Å². The molecule has 0 amide bonds. The molecular weight excluding hydrogens is 224 g/mol. The van der Waals surface area contributed by atoms with Crippen LogP contribution in [0, 0.1) is 5.92 Å². The van der Waals surface area contributed by atoms with Gasteiger partial charge in [-0.05, 0) is 49.3 Å². The van der Waals surface area contributed by atoms with Crippen LogP contribution in [0.15, 0.2) is 18.2 Å². The maximum atomic E-state index is 11.7. The molecule has 1 aromatic carbocycles. The Balaban J connectivity index is 2.03. The van der Waals surface area contributed by atoms with Gasteiger partial charge in [-0.2, -0.15) is 0 Å². The highest BCUT2D eigenvalue weighted by atomic mass is 16.5. The second-order valence-electron chi connectivity index (χ2n) is 5.06. The first-order valence-corrected chi connectivity index (χ1v) is 7.02. The van der Waals surface area contributed by atoms with Crippen molar-refractivity contribution in [3.05, 3.63) is 34.9 Å². The minimum atomic E-state index is -0.0381. The number of hydrogen-bond acceptors (Lipinski definition) is 2. The molecule has 1 unspecified atom stereocenters. The smallest absolute Gasteiger partial charge is 0.309 e. The van der Waals surface area contributed by atoms with Crippen LogP contribution in [0.25, 0.3) is 0 Å².